The molecule has 0 unspecified atom stereocenters. The molecule has 0 aliphatic carbocycles. The van der Waals surface area contributed by atoms with Crippen molar-refractivity contribution in [2.24, 2.45) is 0 Å². The minimum absolute atomic E-state index is 0.573. The van der Waals surface area contributed by atoms with Gasteiger partial charge in [-0.2, -0.15) is 0 Å². The highest BCUT2D eigenvalue weighted by Crippen LogP contribution is 2.19. The molecule has 20 heavy (non-hydrogen) atoms. The lowest BCUT2D eigenvalue weighted by atomic mass is 10.1. The average molecular weight is 270 g/mol. The van der Waals surface area contributed by atoms with E-state index in [4.69, 9.17) is 4.74 Å². The van der Waals surface area contributed by atoms with E-state index < -0.39 is 0 Å². The van der Waals surface area contributed by atoms with Crippen molar-refractivity contribution < 1.29 is 4.74 Å². The molecule has 0 aliphatic heterocycles. The predicted molar refractivity (Wildman–Crippen MR) is 82.0 cm³/mol. The van der Waals surface area contributed by atoms with Crippen molar-refractivity contribution in [3.05, 3.63) is 58.4 Å². The smallest absolute Gasteiger partial charge is 0.142 e. The highest BCUT2D eigenvalue weighted by Gasteiger charge is 2.06. The summed E-state index contributed by atoms with van der Waals surface area (Å²) >= 11 is 0. The fraction of sp³-hybridized carbons (Fsp3) is 0.353. The van der Waals surface area contributed by atoms with Crippen LogP contribution in [0.15, 0.2) is 30.3 Å². The molecule has 0 radical (unpaired) electrons. The standard InChI is InChI=1S/C17H22N2O/c1-12-7-13(2)9-15(8-12)11-20-17-6-5-14(3)19-16(17)10-18-4/h5-9,18H,10-11H2,1-4H3. The van der Waals surface area contributed by atoms with Crippen LogP contribution in [-0.2, 0) is 13.2 Å². The molecule has 2 rings (SSSR count). The molecule has 1 aromatic carbocycles. The second kappa shape index (κ2) is 6.53. The first-order valence-corrected chi connectivity index (χ1v) is 6.89. The van der Waals surface area contributed by atoms with Crippen molar-refractivity contribution in [1.29, 1.82) is 0 Å². The summed E-state index contributed by atoms with van der Waals surface area (Å²) in [6, 6.07) is 10.5. The summed E-state index contributed by atoms with van der Waals surface area (Å²) in [5, 5.41) is 3.13. The molecule has 0 saturated heterocycles. The lowest BCUT2D eigenvalue weighted by Gasteiger charge is -2.12. The highest BCUT2D eigenvalue weighted by molar-refractivity contribution is 5.31. The van der Waals surface area contributed by atoms with E-state index in [0.29, 0.717) is 13.2 Å². The van der Waals surface area contributed by atoms with Crippen molar-refractivity contribution in [3.8, 4) is 5.75 Å². The number of aryl methyl sites for hydroxylation is 3. The number of aromatic nitrogens is 1. The Labute approximate surface area is 121 Å². The minimum atomic E-state index is 0.573. The van der Waals surface area contributed by atoms with Gasteiger partial charge < -0.3 is 10.1 Å². The Kier molecular flexibility index (Phi) is 4.74. The molecule has 3 heteroatoms. The van der Waals surface area contributed by atoms with Crippen LogP contribution in [0.4, 0.5) is 0 Å². The Balaban J connectivity index is 2.13. The Morgan fingerprint density at radius 3 is 2.40 bits per heavy atom. The van der Waals surface area contributed by atoms with Gasteiger partial charge in [0.15, 0.2) is 0 Å². The van der Waals surface area contributed by atoms with Crippen LogP contribution in [0.2, 0.25) is 0 Å². The van der Waals surface area contributed by atoms with Gasteiger partial charge in [-0.25, -0.2) is 0 Å². The molecule has 2 aromatic rings. The molecule has 1 N–H and O–H groups in total. The fourth-order valence-corrected chi connectivity index (χ4v) is 2.34. The molecule has 1 heterocycles. The van der Waals surface area contributed by atoms with Gasteiger partial charge in [-0.1, -0.05) is 29.3 Å². The van der Waals surface area contributed by atoms with Crippen molar-refractivity contribution in [3.63, 3.8) is 0 Å². The summed E-state index contributed by atoms with van der Waals surface area (Å²) in [4.78, 5) is 4.52. The van der Waals surface area contributed by atoms with Gasteiger partial charge in [-0.05, 0) is 45.5 Å². The predicted octanol–water partition coefficient (Wildman–Crippen LogP) is 3.31. The first-order chi connectivity index (χ1) is 9.58. The molecular weight excluding hydrogens is 248 g/mol. The van der Waals surface area contributed by atoms with Crippen LogP contribution >= 0.6 is 0 Å². The number of benzene rings is 1. The van der Waals surface area contributed by atoms with Crippen LogP contribution in [0.5, 0.6) is 5.75 Å². The molecule has 1 aromatic heterocycles. The van der Waals surface area contributed by atoms with E-state index in [2.05, 4.69) is 42.3 Å². The number of nitrogens with zero attached hydrogens (tertiary/aromatic N) is 1. The number of ether oxygens (including phenoxy) is 1. The summed E-state index contributed by atoms with van der Waals surface area (Å²) in [5.41, 5.74) is 5.69. The van der Waals surface area contributed by atoms with Crippen LogP contribution in [0, 0.1) is 20.8 Å². The largest absolute Gasteiger partial charge is 0.487 e. The Bertz CT molecular complexity index is 573. The summed E-state index contributed by atoms with van der Waals surface area (Å²) in [5.74, 6) is 0.851. The van der Waals surface area contributed by atoms with E-state index in [0.717, 1.165) is 17.1 Å². The zero-order valence-corrected chi connectivity index (χ0v) is 12.7. The van der Waals surface area contributed by atoms with Gasteiger partial charge in [0.05, 0.1) is 5.69 Å². The van der Waals surface area contributed by atoms with E-state index in [9.17, 15) is 0 Å². The average Bonchev–Trinajstić information content (AvgIpc) is 2.37. The van der Waals surface area contributed by atoms with Crippen molar-refractivity contribution >= 4 is 0 Å². The van der Waals surface area contributed by atoms with Gasteiger partial charge in [-0.15, -0.1) is 0 Å². The molecule has 106 valence electrons. The van der Waals surface area contributed by atoms with Crippen LogP contribution in [0.25, 0.3) is 0 Å². The molecule has 0 aliphatic rings. The molecule has 0 atom stereocenters. The Morgan fingerprint density at radius 1 is 1.05 bits per heavy atom. The molecule has 0 bridgehead atoms. The second-order valence-electron chi connectivity index (χ2n) is 5.21. The lowest BCUT2D eigenvalue weighted by Crippen LogP contribution is -2.10. The molecule has 3 nitrogen and oxygen atoms in total. The first-order valence-electron chi connectivity index (χ1n) is 6.89. The zero-order valence-electron chi connectivity index (χ0n) is 12.7. The van der Waals surface area contributed by atoms with Crippen molar-refractivity contribution in [1.82, 2.24) is 10.3 Å². The molecule has 0 saturated carbocycles. The molecule has 0 spiro atoms. The van der Waals surface area contributed by atoms with Gasteiger partial charge in [0.2, 0.25) is 0 Å². The van der Waals surface area contributed by atoms with Gasteiger partial charge in [0.25, 0.3) is 0 Å². The van der Waals surface area contributed by atoms with Gasteiger partial charge >= 0.3 is 0 Å². The summed E-state index contributed by atoms with van der Waals surface area (Å²) in [6.07, 6.45) is 0. The van der Waals surface area contributed by atoms with E-state index in [-0.39, 0.29) is 0 Å². The Hall–Kier alpha value is -1.87. The molecular formula is C17H22N2O. The van der Waals surface area contributed by atoms with Gasteiger partial charge in [0.1, 0.15) is 12.4 Å². The third-order valence-corrected chi connectivity index (χ3v) is 3.09. The highest BCUT2D eigenvalue weighted by atomic mass is 16.5. The fourth-order valence-electron chi connectivity index (χ4n) is 2.34. The summed E-state index contributed by atoms with van der Waals surface area (Å²) in [6.45, 7) is 7.49. The van der Waals surface area contributed by atoms with Crippen LogP contribution < -0.4 is 10.1 Å². The number of nitrogens with one attached hydrogen (secondary N) is 1. The molecule has 0 amide bonds. The van der Waals surface area contributed by atoms with Crippen molar-refractivity contribution in [2.75, 3.05) is 7.05 Å². The third-order valence-electron chi connectivity index (χ3n) is 3.09. The monoisotopic (exact) mass is 270 g/mol. The maximum absolute atomic E-state index is 5.94. The first kappa shape index (κ1) is 14.5. The number of hydrogen-bond acceptors (Lipinski definition) is 3. The van der Waals surface area contributed by atoms with E-state index >= 15 is 0 Å². The number of rotatable bonds is 5. The van der Waals surface area contributed by atoms with Gasteiger partial charge in [-0.3, -0.25) is 4.98 Å². The van der Waals surface area contributed by atoms with Crippen LogP contribution in [0.3, 0.4) is 0 Å². The lowest BCUT2D eigenvalue weighted by molar-refractivity contribution is 0.300. The SMILES string of the molecule is CNCc1nc(C)ccc1OCc1cc(C)cc(C)c1. The molecule has 0 fully saturated rings. The van der Waals surface area contributed by atoms with E-state index in [1.54, 1.807) is 0 Å². The quantitative estimate of drug-likeness (QED) is 0.905. The van der Waals surface area contributed by atoms with Crippen LogP contribution in [0.1, 0.15) is 28.1 Å². The van der Waals surface area contributed by atoms with Crippen LogP contribution in [-0.4, -0.2) is 12.0 Å². The maximum Gasteiger partial charge on any atom is 0.142 e. The summed E-state index contributed by atoms with van der Waals surface area (Å²) < 4.78 is 5.94. The Morgan fingerprint density at radius 2 is 1.75 bits per heavy atom. The zero-order chi connectivity index (χ0) is 14.5. The summed E-state index contributed by atoms with van der Waals surface area (Å²) in [7, 11) is 1.91. The third kappa shape index (κ3) is 3.81. The second-order valence-corrected chi connectivity index (χ2v) is 5.21. The topological polar surface area (TPSA) is 34.2 Å². The number of hydrogen-bond donors (Lipinski definition) is 1. The van der Waals surface area contributed by atoms with Crippen molar-refractivity contribution in [2.45, 2.75) is 33.9 Å². The minimum Gasteiger partial charge on any atom is -0.487 e. The van der Waals surface area contributed by atoms with E-state index in [1.807, 2.05) is 26.1 Å². The van der Waals surface area contributed by atoms with E-state index in [1.165, 1.54) is 16.7 Å². The van der Waals surface area contributed by atoms with Gasteiger partial charge in [0, 0.05) is 12.2 Å². The maximum atomic E-state index is 5.94. The number of pyridine rings is 1. The normalized spacial score (nSPS) is 10.6.